The number of rotatable bonds is 3. The van der Waals surface area contributed by atoms with Gasteiger partial charge in [0.25, 0.3) is 0 Å². The van der Waals surface area contributed by atoms with Crippen LogP contribution in [0.2, 0.25) is 4.34 Å². The molecule has 0 radical (unpaired) electrons. The first kappa shape index (κ1) is 17.0. The summed E-state index contributed by atoms with van der Waals surface area (Å²) in [5, 5.41) is 4.58. The number of piperidine rings is 1. The van der Waals surface area contributed by atoms with Crippen molar-refractivity contribution in [3.8, 4) is 0 Å². The predicted molar refractivity (Wildman–Crippen MR) is 91.9 cm³/mol. The summed E-state index contributed by atoms with van der Waals surface area (Å²) in [6.07, 6.45) is 5.65. The molecule has 1 amide bonds. The minimum absolute atomic E-state index is 0.157. The van der Waals surface area contributed by atoms with Gasteiger partial charge in [0, 0.05) is 24.7 Å². The van der Waals surface area contributed by atoms with Crippen LogP contribution in [0.1, 0.15) is 51.5 Å². The topological polar surface area (TPSA) is 54.5 Å². The van der Waals surface area contributed by atoms with Gasteiger partial charge in [0.2, 0.25) is 0 Å². The van der Waals surface area contributed by atoms with Crippen molar-refractivity contribution < 1.29 is 9.53 Å². The average Bonchev–Trinajstić information content (AvgIpc) is 2.96. The van der Waals surface area contributed by atoms with Gasteiger partial charge in [-0.2, -0.15) is 0 Å². The van der Waals surface area contributed by atoms with Crippen molar-refractivity contribution in [3.05, 3.63) is 15.5 Å². The highest BCUT2D eigenvalue weighted by atomic mass is 35.5. The maximum absolute atomic E-state index is 12.4. The fourth-order valence-corrected chi connectivity index (χ4v) is 4.47. The minimum Gasteiger partial charge on any atom is -0.444 e. The van der Waals surface area contributed by atoms with Gasteiger partial charge < -0.3 is 15.0 Å². The van der Waals surface area contributed by atoms with Crippen molar-refractivity contribution >= 4 is 29.0 Å². The van der Waals surface area contributed by atoms with Crippen LogP contribution in [0, 0.1) is 0 Å². The lowest BCUT2D eigenvalue weighted by Crippen LogP contribution is -2.52. The van der Waals surface area contributed by atoms with E-state index in [1.807, 2.05) is 25.7 Å². The standard InChI is InChI=1S/C16H24ClN3O2S/c1-16(2,3)22-15(21)20-11-4-5-12(20)7-10(6-11)18-9-14-19-8-13(17)23-14/h8,10-12,18H,4-7,9H2,1-3H3. The zero-order chi connectivity index (χ0) is 16.6. The molecule has 3 heterocycles. The molecule has 2 atom stereocenters. The van der Waals surface area contributed by atoms with Crippen molar-refractivity contribution in [2.45, 2.75) is 76.7 Å². The molecule has 5 nitrogen and oxygen atoms in total. The SMILES string of the molecule is CC(C)(C)OC(=O)N1C2CCC1CC(NCc1ncc(Cl)s1)C2. The summed E-state index contributed by atoms with van der Waals surface area (Å²) in [5.41, 5.74) is -0.435. The van der Waals surface area contributed by atoms with E-state index in [4.69, 9.17) is 16.3 Å². The largest absolute Gasteiger partial charge is 0.444 e. The van der Waals surface area contributed by atoms with Gasteiger partial charge in [0.1, 0.15) is 14.9 Å². The molecule has 3 rings (SSSR count). The number of nitrogens with one attached hydrogen (secondary N) is 1. The molecule has 1 aromatic heterocycles. The third-order valence-corrected chi connectivity index (χ3v) is 5.52. The Morgan fingerprint density at radius 2 is 2.09 bits per heavy atom. The fraction of sp³-hybridized carbons (Fsp3) is 0.750. The molecular weight excluding hydrogens is 334 g/mol. The van der Waals surface area contributed by atoms with Crippen LogP contribution in [0.15, 0.2) is 6.20 Å². The molecule has 128 valence electrons. The summed E-state index contributed by atoms with van der Waals surface area (Å²) in [6.45, 7) is 6.49. The summed E-state index contributed by atoms with van der Waals surface area (Å²) in [6, 6.07) is 1.01. The fourth-order valence-electron chi connectivity index (χ4n) is 3.56. The lowest BCUT2D eigenvalue weighted by atomic mass is 9.98. The lowest BCUT2D eigenvalue weighted by molar-refractivity contribution is 0.00466. The van der Waals surface area contributed by atoms with Crippen LogP contribution in [-0.2, 0) is 11.3 Å². The molecule has 2 unspecified atom stereocenters. The van der Waals surface area contributed by atoms with E-state index in [1.54, 1.807) is 6.20 Å². The third-order valence-electron chi connectivity index (χ3n) is 4.40. The van der Waals surface area contributed by atoms with Crippen LogP contribution < -0.4 is 5.32 Å². The predicted octanol–water partition coefficient (Wildman–Crippen LogP) is 3.82. The van der Waals surface area contributed by atoms with Crippen LogP contribution in [0.4, 0.5) is 4.79 Å². The monoisotopic (exact) mass is 357 g/mol. The quantitative estimate of drug-likeness (QED) is 0.893. The number of fused-ring (bicyclic) bond motifs is 2. The number of carbonyl (C=O) groups is 1. The summed E-state index contributed by atoms with van der Waals surface area (Å²) >= 11 is 7.43. The van der Waals surface area contributed by atoms with Crippen LogP contribution in [0.25, 0.3) is 0 Å². The highest BCUT2D eigenvalue weighted by Crippen LogP contribution is 2.37. The molecule has 2 bridgehead atoms. The van der Waals surface area contributed by atoms with Crippen molar-refractivity contribution in [3.63, 3.8) is 0 Å². The normalized spacial score (nSPS) is 27.3. The second-order valence-electron chi connectivity index (χ2n) is 7.38. The highest BCUT2D eigenvalue weighted by Gasteiger charge is 2.44. The van der Waals surface area contributed by atoms with E-state index >= 15 is 0 Å². The maximum atomic E-state index is 12.4. The minimum atomic E-state index is -0.435. The first-order valence-corrected chi connectivity index (χ1v) is 9.36. The molecule has 23 heavy (non-hydrogen) atoms. The molecule has 2 fully saturated rings. The zero-order valence-electron chi connectivity index (χ0n) is 13.8. The lowest BCUT2D eigenvalue weighted by Gasteiger charge is -2.39. The van der Waals surface area contributed by atoms with Crippen molar-refractivity contribution in [2.75, 3.05) is 0 Å². The first-order chi connectivity index (χ1) is 10.8. The van der Waals surface area contributed by atoms with Gasteiger partial charge in [0.05, 0.1) is 6.20 Å². The number of amides is 1. The van der Waals surface area contributed by atoms with Gasteiger partial charge >= 0.3 is 6.09 Å². The summed E-state index contributed by atoms with van der Waals surface area (Å²) < 4.78 is 6.29. The van der Waals surface area contributed by atoms with Gasteiger partial charge in [-0.15, -0.1) is 11.3 Å². The zero-order valence-corrected chi connectivity index (χ0v) is 15.4. The number of aromatic nitrogens is 1. The van der Waals surface area contributed by atoms with Gasteiger partial charge in [-0.05, 0) is 46.5 Å². The van der Waals surface area contributed by atoms with Gasteiger partial charge in [-0.25, -0.2) is 9.78 Å². The Bertz CT molecular complexity index is 558. The number of ether oxygens (including phenoxy) is 1. The van der Waals surface area contributed by atoms with Crippen LogP contribution >= 0.6 is 22.9 Å². The Labute approximate surface area is 146 Å². The van der Waals surface area contributed by atoms with E-state index in [0.29, 0.717) is 18.1 Å². The molecule has 2 aliphatic heterocycles. The molecule has 0 aliphatic carbocycles. The first-order valence-electron chi connectivity index (χ1n) is 8.17. The van der Waals surface area contributed by atoms with E-state index in [2.05, 4.69) is 10.3 Å². The van der Waals surface area contributed by atoms with Crippen LogP contribution in [0.5, 0.6) is 0 Å². The number of nitrogens with zero attached hydrogens (tertiary/aromatic N) is 2. The Kier molecular flexibility index (Phi) is 4.85. The number of carbonyl (C=O) groups excluding carboxylic acids is 1. The second-order valence-corrected chi connectivity index (χ2v) is 9.13. The molecule has 0 spiro atoms. The Hall–Kier alpha value is -0.850. The highest BCUT2D eigenvalue weighted by molar-refractivity contribution is 7.15. The maximum Gasteiger partial charge on any atom is 0.410 e. The molecular formula is C16H24ClN3O2S. The summed E-state index contributed by atoms with van der Waals surface area (Å²) in [4.78, 5) is 18.7. The number of hydrogen-bond acceptors (Lipinski definition) is 5. The van der Waals surface area contributed by atoms with Gasteiger partial charge in [0.15, 0.2) is 0 Å². The summed E-state index contributed by atoms with van der Waals surface area (Å²) in [5.74, 6) is 0. The van der Waals surface area contributed by atoms with E-state index < -0.39 is 5.60 Å². The van der Waals surface area contributed by atoms with E-state index in [1.165, 1.54) is 11.3 Å². The van der Waals surface area contributed by atoms with E-state index in [-0.39, 0.29) is 6.09 Å². The van der Waals surface area contributed by atoms with Gasteiger partial charge in [-0.1, -0.05) is 11.6 Å². The number of halogens is 1. The van der Waals surface area contributed by atoms with Crippen LogP contribution in [-0.4, -0.2) is 39.7 Å². The molecule has 0 saturated carbocycles. The molecule has 2 saturated heterocycles. The van der Waals surface area contributed by atoms with Gasteiger partial charge in [-0.3, -0.25) is 0 Å². The Morgan fingerprint density at radius 3 is 2.61 bits per heavy atom. The molecule has 1 aromatic rings. The number of hydrogen-bond donors (Lipinski definition) is 1. The van der Waals surface area contributed by atoms with Crippen LogP contribution in [0.3, 0.4) is 0 Å². The Morgan fingerprint density at radius 1 is 1.43 bits per heavy atom. The van der Waals surface area contributed by atoms with E-state index in [0.717, 1.165) is 41.6 Å². The number of thiazole rings is 1. The molecule has 2 aliphatic rings. The van der Waals surface area contributed by atoms with Crippen molar-refractivity contribution in [1.82, 2.24) is 15.2 Å². The van der Waals surface area contributed by atoms with E-state index in [9.17, 15) is 4.79 Å². The van der Waals surface area contributed by atoms with Crippen molar-refractivity contribution in [2.24, 2.45) is 0 Å². The molecule has 1 N–H and O–H groups in total. The van der Waals surface area contributed by atoms with Crippen molar-refractivity contribution in [1.29, 1.82) is 0 Å². The summed E-state index contributed by atoms with van der Waals surface area (Å²) in [7, 11) is 0. The average molecular weight is 358 g/mol. The molecule has 7 heteroatoms. The Balaban J connectivity index is 1.55. The molecule has 0 aromatic carbocycles. The second kappa shape index (κ2) is 6.57. The third kappa shape index (κ3) is 4.17. The smallest absolute Gasteiger partial charge is 0.410 e.